The molecular weight excluding hydrogens is 454 g/mol. The average Bonchev–Trinajstić information content (AvgIpc) is 2.90. The van der Waals surface area contributed by atoms with Crippen LogP contribution in [0, 0.1) is 0 Å². The van der Waals surface area contributed by atoms with E-state index < -0.39 is 0 Å². The second-order valence-electron chi connectivity index (χ2n) is 9.11. The van der Waals surface area contributed by atoms with Crippen LogP contribution in [-0.2, 0) is 6.42 Å². The van der Waals surface area contributed by atoms with E-state index in [4.69, 9.17) is 9.47 Å². The number of methoxy groups -OCH3 is 1. The fourth-order valence-corrected chi connectivity index (χ4v) is 4.95. The third-order valence-electron chi connectivity index (χ3n) is 6.87. The molecule has 5 rings (SSSR count). The number of rotatable bonds is 8. The SMILES string of the molecule is COc1ccc(-c2ccc3ccccc3c2Cc2ccc(OCCN3CCCCC3)cc2)cc1.Cl. The van der Waals surface area contributed by atoms with Crippen LogP contribution in [0.1, 0.15) is 30.4 Å². The summed E-state index contributed by atoms with van der Waals surface area (Å²) in [5.74, 6) is 1.83. The molecule has 4 heteroatoms. The minimum atomic E-state index is 0. The van der Waals surface area contributed by atoms with Crippen LogP contribution in [-0.4, -0.2) is 38.3 Å². The normalized spacial score (nSPS) is 13.9. The van der Waals surface area contributed by atoms with Crippen LogP contribution in [0.2, 0.25) is 0 Å². The van der Waals surface area contributed by atoms with Crippen LogP contribution in [0.25, 0.3) is 21.9 Å². The highest BCUT2D eigenvalue weighted by Gasteiger charge is 2.12. The number of hydrogen-bond acceptors (Lipinski definition) is 3. The average molecular weight is 488 g/mol. The number of nitrogens with zero attached hydrogens (tertiary/aromatic N) is 1. The molecular formula is C31H34ClNO2. The molecule has 0 spiro atoms. The van der Waals surface area contributed by atoms with Crippen molar-refractivity contribution in [2.75, 3.05) is 33.4 Å². The topological polar surface area (TPSA) is 21.7 Å². The molecule has 0 N–H and O–H groups in total. The van der Waals surface area contributed by atoms with Crippen molar-refractivity contribution in [2.24, 2.45) is 0 Å². The molecule has 4 aromatic carbocycles. The second kappa shape index (κ2) is 12.1. The molecule has 1 aliphatic rings. The molecule has 3 nitrogen and oxygen atoms in total. The summed E-state index contributed by atoms with van der Waals surface area (Å²) >= 11 is 0. The number of likely N-dealkylation sites (tertiary alicyclic amines) is 1. The van der Waals surface area contributed by atoms with Gasteiger partial charge in [-0.15, -0.1) is 12.4 Å². The summed E-state index contributed by atoms with van der Waals surface area (Å²) in [6.07, 6.45) is 4.88. The Hall–Kier alpha value is -3.01. The molecule has 182 valence electrons. The second-order valence-corrected chi connectivity index (χ2v) is 9.11. The Balaban J connectivity index is 0.00000289. The Labute approximate surface area is 215 Å². The van der Waals surface area contributed by atoms with Crippen molar-refractivity contribution in [1.29, 1.82) is 0 Å². The van der Waals surface area contributed by atoms with Gasteiger partial charge in [-0.25, -0.2) is 0 Å². The Bertz CT molecular complexity index is 1220. The highest BCUT2D eigenvalue weighted by atomic mass is 35.5. The number of benzene rings is 4. The highest BCUT2D eigenvalue weighted by Crippen LogP contribution is 2.33. The molecule has 0 saturated carbocycles. The Kier molecular flexibility index (Phi) is 8.68. The maximum Gasteiger partial charge on any atom is 0.119 e. The maximum absolute atomic E-state index is 6.05. The van der Waals surface area contributed by atoms with Crippen molar-refractivity contribution in [1.82, 2.24) is 4.90 Å². The Morgan fingerprint density at radius 2 is 1.46 bits per heavy atom. The molecule has 0 aliphatic carbocycles. The van der Waals surface area contributed by atoms with E-state index in [-0.39, 0.29) is 12.4 Å². The zero-order chi connectivity index (χ0) is 23.2. The summed E-state index contributed by atoms with van der Waals surface area (Å²) in [4.78, 5) is 2.51. The zero-order valence-electron chi connectivity index (χ0n) is 20.4. The lowest BCUT2D eigenvalue weighted by molar-refractivity contribution is 0.183. The van der Waals surface area contributed by atoms with Gasteiger partial charge in [0.1, 0.15) is 18.1 Å². The van der Waals surface area contributed by atoms with E-state index in [2.05, 4.69) is 77.7 Å². The van der Waals surface area contributed by atoms with Crippen molar-refractivity contribution in [3.05, 3.63) is 96.1 Å². The third kappa shape index (κ3) is 6.17. The Morgan fingerprint density at radius 3 is 2.20 bits per heavy atom. The van der Waals surface area contributed by atoms with Gasteiger partial charge in [0.15, 0.2) is 0 Å². The molecule has 0 aromatic heterocycles. The van der Waals surface area contributed by atoms with Crippen LogP contribution < -0.4 is 9.47 Å². The van der Waals surface area contributed by atoms with E-state index in [1.54, 1.807) is 7.11 Å². The molecule has 35 heavy (non-hydrogen) atoms. The van der Waals surface area contributed by atoms with Gasteiger partial charge >= 0.3 is 0 Å². The molecule has 1 fully saturated rings. The smallest absolute Gasteiger partial charge is 0.119 e. The predicted octanol–water partition coefficient (Wildman–Crippen LogP) is 7.39. The summed E-state index contributed by atoms with van der Waals surface area (Å²) in [6, 6.07) is 30.1. The number of hydrogen-bond donors (Lipinski definition) is 0. The summed E-state index contributed by atoms with van der Waals surface area (Å²) in [7, 11) is 1.71. The molecule has 0 amide bonds. The highest BCUT2D eigenvalue weighted by molar-refractivity contribution is 5.92. The lowest BCUT2D eigenvalue weighted by atomic mass is 9.90. The standard InChI is InChI=1S/C31H33NO2.ClH/c1-33-27-16-11-26(12-17-27)30-18-13-25-7-3-4-8-29(25)31(30)23-24-9-14-28(15-10-24)34-22-21-32-19-5-2-6-20-32;/h3-4,7-18H,2,5-6,19-23H2,1H3;1H. The molecule has 0 bridgehead atoms. The molecule has 1 aliphatic heterocycles. The Morgan fingerprint density at radius 1 is 0.743 bits per heavy atom. The minimum Gasteiger partial charge on any atom is -0.497 e. The van der Waals surface area contributed by atoms with Gasteiger partial charge in [0, 0.05) is 6.54 Å². The zero-order valence-corrected chi connectivity index (χ0v) is 21.2. The fraction of sp³-hybridized carbons (Fsp3) is 0.290. The van der Waals surface area contributed by atoms with E-state index in [9.17, 15) is 0 Å². The van der Waals surface area contributed by atoms with Crippen molar-refractivity contribution in [2.45, 2.75) is 25.7 Å². The van der Waals surface area contributed by atoms with Crippen LogP contribution >= 0.6 is 12.4 Å². The maximum atomic E-state index is 6.05. The molecule has 4 aromatic rings. The van der Waals surface area contributed by atoms with E-state index in [1.165, 1.54) is 65.4 Å². The van der Waals surface area contributed by atoms with Crippen LogP contribution in [0.3, 0.4) is 0 Å². The molecule has 0 radical (unpaired) electrons. The first kappa shape index (κ1) is 25.1. The summed E-state index contributed by atoms with van der Waals surface area (Å²) in [5.41, 5.74) is 5.11. The van der Waals surface area contributed by atoms with Gasteiger partial charge in [-0.2, -0.15) is 0 Å². The van der Waals surface area contributed by atoms with Crippen molar-refractivity contribution in [3.63, 3.8) is 0 Å². The number of piperidine rings is 1. The number of fused-ring (bicyclic) bond motifs is 1. The number of ether oxygens (including phenoxy) is 2. The fourth-order valence-electron chi connectivity index (χ4n) is 4.95. The molecule has 1 saturated heterocycles. The van der Waals surface area contributed by atoms with Gasteiger partial charge in [0.05, 0.1) is 7.11 Å². The van der Waals surface area contributed by atoms with E-state index >= 15 is 0 Å². The van der Waals surface area contributed by atoms with Gasteiger partial charge < -0.3 is 9.47 Å². The van der Waals surface area contributed by atoms with Gasteiger partial charge in [-0.05, 0) is 89.6 Å². The predicted molar refractivity (Wildman–Crippen MR) is 148 cm³/mol. The third-order valence-corrected chi connectivity index (χ3v) is 6.87. The minimum absolute atomic E-state index is 0. The summed E-state index contributed by atoms with van der Waals surface area (Å²) in [5, 5.41) is 2.57. The molecule has 0 atom stereocenters. The van der Waals surface area contributed by atoms with Gasteiger partial charge in [-0.1, -0.05) is 67.1 Å². The first-order valence-electron chi connectivity index (χ1n) is 12.4. The largest absolute Gasteiger partial charge is 0.497 e. The van der Waals surface area contributed by atoms with Crippen LogP contribution in [0.5, 0.6) is 11.5 Å². The van der Waals surface area contributed by atoms with Crippen molar-refractivity contribution in [3.8, 4) is 22.6 Å². The van der Waals surface area contributed by atoms with Gasteiger partial charge in [0.2, 0.25) is 0 Å². The quantitative estimate of drug-likeness (QED) is 0.258. The van der Waals surface area contributed by atoms with Crippen LogP contribution in [0.15, 0.2) is 84.9 Å². The molecule has 1 heterocycles. The van der Waals surface area contributed by atoms with E-state index in [1.807, 2.05) is 12.1 Å². The summed E-state index contributed by atoms with van der Waals surface area (Å²) < 4.78 is 11.4. The first-order chi connectivity index (χ1) is 16.8. The lowest BCUT2D eigenvalue weighted by Gasteiger charge is -2.26. The van der Waals surface area contributed by atoms with E-state index in [0.717, 1.165) is 31.1 Å². The van der Waals surface area contributed by atoms with E-state index in [0.29, 0.717) is 0 Å². The van der Waals surface area contributed by atoms with Gasteiger partial charge in [0.25, 0.3) is 0 Å². The van der Waals surface area contributed by atoms with Gasteiger partial charge in [-0.3, -0.25) is 4.90 Å². The number of halogens is 1. The first-order valence-corrected chi connectivity index (χ1v) is 12.4. The summed E-state index contributed by atoms with van der Waals surface area (Å²) in [6.45, 7) is 4.20. The van der Waals surface area contributed by atoms with Crippen molar-refractivity contribution >= 4 is 23.2 Å². The van der Waals surface area contributed by atoms with Crippen LogP contribution in [0.4, 0.5) is 0 Å². The lowest BCUT2D eigenvalue weighted by Crippen LogP contribution is -2.33. The molecule has 0 unspecified atom stereocenters. The van der Waals surface area contributed by atoms with Crippen molar-refractivity contribution < 1.29 is 9.47 Å². The monoisotopic (exact) mass is 487 g/mol.